The maximum Gasteiger partial charge on any atom is 0.165 e. The normalized spacial score (nSPS) is 10.5. The third-order valence-corrected chi connectivity index (χ3v) is 3.11. The topological polar surface area (TPSA) is 30.5 Å². The highest BCUT2D eigenvalue weighted by Crippen LogP contribution is 2.34. The van der Waals surface area contributed by atoms with Crippen molar-refractivity contribution in [3.63, 3.8) is 0 Å². The second-order valence-electron chi connectivity index (χ2n) is 5.28. The Morgan fingerprint density at radius 2 is 2.14 bits per heavy atom. The molecule has 0 atom stereocenters. The maximum absolute atomic E-state index is 6.14. The van der Waals surface area contributed by atoms with Gasteiger partial charge in [-0.3, -0.25) is 0 Å². The Labute approximate surface area is 133 Å². The van der Waals surface area contributed by atoms with E-state index in [0.29, 0.717) is 36.3 Å². The zero-order chi connectivity index (χ0) is 15.7. The van der Waals surface area contributed by atoms with Crippen molar-refractivity contribution in [2.24, 2.45) is 5.92 Å². The molecule has 4 heteroatoms. The van der Waals surface area contributed by atoms with E-state index < -0.39 is 0 Å². The van der Waals surface area contributed by atoms with E-state index in [9.17, 15) is 0 Å². The van der Waals surface area contributed by atoms with Crippen LogP contribution in [0, 0.1) is 18.3 Å². The maximum atomic E-state index is 6.14. The van der Waals surface area contributed by atoms with E-state index in [-0.39, 0.29) is 0 Å². The molecular formula is C17H24ClNO2. The SMILES string of the molecule is C#CCCCOc1c(CNCC(C)C)cc(Cl)cc1OC. The Bertz CT molecular complexity index is 480. The molecule has 0 saturated heterocycles. The molecular weight excluding hydrogens is 286 g/mol. The summed E-state index contributed by atoms with van der Waals surface area (Å²) in [5.74, 6) is 4.60. The van der Waals surface area contributed by atoms with Gasteiger partial charge in [0.2, 0.25) is 0 Å². The lowest BCUT2D eigenvalue weighted by Crippen LogP contribution is -2.19. The van der Waals surface area contributed by atoms with Gasteiger partial charge < -0.3 is 14.8 Å². The van der Waals surface area contributed by atoms with Crippen molar-refractivity contribution in [2.75, 3.05) is 20.3 Å². The minimum atomic E-state index is 0.569. The third kappa shape index (κ3) is 6.29. The largest absolute Gasteiger partial charge is 0.493 e. The molecule has 0 spiro atoms. The van der Waals surface area contributed by atoms with Crippen LogP contribution in [0.5, 0.6) is 11.5 Å². The number of hydrogen-bond donors (Lipinski definition) is 1. The summed E-state index contributed by atoms with van der Waals surface area (Å²) in [7, 11) is 1.62. The lowest BCUT2D eigenvalue weighted by atomic mass is 10.1. The number of halogens is 1. The van der Waals surface area contributed by atoms with Crippen molar-refractivity contribution in [2.45, 2.75) is 33.2 Å². The molecule has 0 aliphatic carbocycles. The van der Waals surface area contributed by atoms with Gasteiger partial charge in [-0.1, -0.05) is 25.4 Å². The molecule has 0 radical (unpaired) electrons. The van der Waals surface area contributed by atoms with Crippen LogP contribution in [-0.4, -0.2) is 20.3 Å². The van der Waals surface area contributed by atoms with Crippen molar-refractivity contribution < 1.29 is 9.47 Å². The highest BCUT2D eigenvalue weighted by atomic mass is 35.5. The summed E-state index contributed by atoms with van der Waals surface area (Å²) in [5.41, 5.74) is 1.00. The molecule has 0 heterocycles. The van der Waals surface area contributed by atoms with Gasteiger partial charge in [0.25, 0.3) is 0 Å². The van der Waals surface area contributed by atoms with Crippen LogP contribution in [0.4, 0.5) is 0 Å². The molecule has 1 aromatic rings. The Balaban J connectivity index is 2.81. The van der Waals surface area contributed by atoms with Gasteiger partial charge in [-0.2, -0.15) is 0 Å². The van der Waals surface area contributed by atoms with Crippen molar-refractivity contribution >= 4 is 11.6 Å². The molecule has 0 fully saturated rings. The van der Waals surface area contributed by atoms with E-state index in [4.69, 9.17) is 27.5 Å². The average molecular weight is 310 g/mol. The van der Waals surface area contributed by atoms with Crippen LogP contribution in [0.1, 0.15) is 32.3 Å². The fraction of sp³-hybridized carbons (Fsp3) is 0.529. The number of hydrogen-bond acceptors (Lipinski definition) is 3. The lowest BCUT2D eigenvalue weighted by Gasteiger charge is -2.16. The fourth-order valence-electron chi connectivity index (χ4n) is 1.91. The highest BCUT2D eigenvalue weighted by molar-refractivity contribution is 6.30. The number of ether oxygens (including phenoxy) is 2. The van der Waals surface area contributed by atoms with Crippen LogP contribution < -0.4 is 14.8 Å². The molecule has 0 unspecified atom stereocenters. The van der Waals surface area contributed by atoms with Gasteiger partial charge in [-0.05, 0) is 24.9 Å². The van der Waals surface area contributed by atoms with Gasteiger partial charge in [-0.25, -0.2) is 0 Å². The zero-order valence-electron chi connectivity index (χ0n) is 13.0. The molecule has 0 bridgehead atoms. The van der Waals surface area contributed by atoms with Gasteiger partial charge in [0.05, 0.1) is 13.7 Å². The third-order valence-electron chi connectivity index (χ3n) is 2.90. The number of nitrogens with one attached hydrogen (secondary N) is 1. The summed E-state index contributed by atoms with van der Waals surface area (Å²) < 4.78 is 11.2. The quantitative estimate of drug-likeness (QED) is 0.554. The predicted octanol–water partition coefficient (Wildman–Crippen LogP) is 3.89. The predicted molar refractivity (Wildman–Crippen MR) is 88.1 cm³/mol. The molecule has 0 amide bonds. The first-order chi connectivity index (χ1) is 10.1. The van der Waals surface area contributed by atoms with E-state index in [0.717, 1.165) is 24.3 Å². The van der Waals surface area contributed by atoms with Crippen LogP contribution in [0.3, 0.4) is 0 Å². The smallest absolute Gasteiger partial charge is 0.165 e. The molecule has 1 N–H and O–H groups in total. The van der Waals surface area contributed by atoms with E-state index in [1.54, 1.807) is 13.2 Å². The van der Waals surface area contributed by atoms with Gasteiger partial charge in [0.1, 0.15) is 0 Å². The first kappa shape index (κ1) is 17.7. The summed E-state index contributed by atoms with van der Waals surface area (Å²) >= 11 is 6.14. The van der Waals surface area contributed by atoms with E-state index >= 15 is 0 Å². The molecule has 0 aliphatic rings. The van der Waals surface area contributed by atoms with Crippen molar-refractivity contribution in [1.82, 2.24) is 5.32 Å². The molecule has 1 rings (SSSR count). The van der Waals surface area contributed by atoms with Crippen molar-refractivity contribution in [1.29, 1.82) is 0 Å². The van der Waals surface area contributed by atoms with E-state index in [2.05, 4.69) is 25.1 Å². The highest BCUT2D eigenvalue weighted by Gasteiger charge is 2.13. The molecule has 116 valence electrons. The number of methoxy groups -OCH3 is 1. The second-order valence-corrected chi connectivity index (χ2v) is 5.71. The van der Waals surface area contributed by atoms with Gasteiger partial charge in [-0.15, -0.1) is 12.3 Å². The van der Waals surface area contributed by atoms with Gasteiger partial charge in [0.15, 0.2) is 11.5 Å². The Hall–Kier alpha value is -1.37. The van der Waals surface area contributed by atoms with Crippen LogP contribution in [0.15, 0.2) is 12.1 Å². The van der Waals surface area contributed by atoms with Crippen LogP contribution >= 0.6 is 11.6 Å². The van der Waals surface area contributed by atoms with Crippen LogP contribution in [0.2, 0.25) is 5.02 Å². The summed E-state index contributed by atoms with van der Waals surface area (Å²) in [6.45, 7) is 6.54. The van der Waals surface area contributed by atoms with Crippen molar-refractivity contribution in [3.05, 3.63) is 22.7 Å². The van der Waals surface area contributed by atoms with Crippen LogP contribution in [0.25, 0.3) is 0 Å². The minimum absolute atomic E-state index is 0.569. The Kier molecular flexibility index (Phi) is 8.04. The van der Waals surface area contributed by atoms with Gasteiger partial charge in [0, 0.05) is 29.6 Å². The molecule has 3 nitrogen and oxygen atoms in total. The number of unbranched alkanes of at least 4 members (excludes halogenated alkanes) is 1. The van der Waals surface area contributed by atoms with E-state index in [1.165, 1.54) is 0 Å². The molecule has 0 saturated carbocycles. The average Bonchev–Trinajstić information content (AvgIpc) is 2.44. The molecule has 0 aromatic heterocycles. The van der Waals surface area contributed by atoms with Gasteiger partial charge >= 0.3 is 0 Å². The first-order valence-electron chi connectivity index (χ1n) is 7.21. The first-order valence-corrected chi connectivity index (χ1v) is 7.59. The number of benzene rings is 1. The molecule has 0 aliphatic heterocycles. The number of rotatable bonds is 9. The monoisotopic (exact) mass is 309 g/mol. The Morgan fingerprint density at radius 1 is 1.38 bits per heavy atom. The minimum Gasteiger partial charge on any atom is -0.493 e. The van der Waals surface area contributed by atoms with Crippen LogP contribution in [-0.2, 0) is 6.54 Å². The fourth-order valence-corrected chi connectivity index (χ4v) is 2.14. The molecule has 1 aromatic carbocycles. The standard InChI is InChI=1S/C17H24ClNO2/c1-5-6-7-8-21-17-14(12-19-11-13(2)3)9-15(18)10-16(17)20-4/h1,9-10,13,19H,6-8,11-12H2,2-4H3. The zero-order valence-corrected chi connectivity index (χ0v) is 13.8. The summed E-state index contributed by atoms with van der Waals surface area (Å²) in [4.78, 5) is 0. The summed E-state index contributed by atoms with van der Waals surface area (Å²) in [5, 5.41) is 4.04. The second kappa shape index (κ2) is 9.55. The molecule has 21 heavy (non-hydrogen) atoms. The van der Waals surface area contributed by atoms with Crippen molar-refractivity contribution in [3.8, 4) is 23.8 Å². The summed E-state index contributed by atoms with van der Waals surface area (Å²) in [6.07, 6.45) is 6.78. The summed E-state index contributed by atoms with van der Waals surface area (Å²) in [6, 6.07) is 3.68. The Morgan fingerprint density at radius 3 is 2.76 bits per heavy atom. The lowest BCUT2D eigenvalue weighted by molar-refractivity contribution is 0.287. The van der Waals surface area contributed by atoms with E-state index in [1.807, 2.05) is 6.07 Å². The number of terminal acetylenes is 1.